The first-order valence-electron chi connectivity index (χ1n) is 7.50. The highest BCUT2D eigenvalue weighted by Crippen LogP contribution is 2.39. The van der Waals surface area contributed by atoms with E-state index in [2.05, 4.69) is 15.4 Å². The van der Waals surface area contributed by atoms with Crippen molar-refractivity contribution in [3.8, 4) is 17.2 Å². The number of aryl methyl sites for hydroxylation is 1. The van der Waals surface area contributed by atoms with Gasteiger partial charge in [-0.05, 0) is 19.1 Å². The average molecular weight is 342 g/mol. The number of fused-ring (bicyclic) bond motifs is 1. The highest BCUT2D eigenvalue weighted by molar-refractivity contribution is 6.03. The summed E-state index contributed by atoms with van der Waals surface area (Å²) >= 11 is 0. The van der Waals surface area contributed by atoms with E-state index in [1.54, 1.807) is 35.0 Å². The van der Waals surface area contributed by atoms with Crippen molar-refractivity contribution in [2.45, 2.75) is 6.92 Å². The van der Waals surface area contributed by atoms with E-state index in [9.17, 15) is 4.79 Å². The molecule has 2 heterocycles. The molecule has 0 aliphatic rings. The van der Waals surface area contributed by atoms with Gasteiger partial charge >= 0.3 is 0 Å². The van der Waals surface area contributed by atoms with Crippen LogP contribution in [0.2, 0.25) is 0 Å². The third kappa shape index (κ3) is 3.18. The van der Waals surface area contributed by atoms with Crippen LogP contribution in [0.1, 0.15) is 16.2 Å². The quantitative estimate of drug-likeness (QED) is 0.766. The number of nitrogens with one attached hydrogen (secondary N) is 1. The molecule has 0 atom stereocenters. The Morgan fingerprint density at radius 2 is 1.76 bits per heavy atom. The van der Waals surface area contributed by atoms with E-state index >= 15 is 0 Å². The standard InChI is InChI=1S/C17H18N4O4/c1-10-9-21-15(18-10)6-5-12(20-21)17(22)19-11-7-13(23-2)16(25-4)14(8-11)24-3/h5-9H,1-4H3,(H,19,22). The van der Waals surface area contributed by atoms with Crippen LogP contribution in [0.15, 0.2) is 30.5 Å². The normalized spacial score (nSPS) is 10.6. The molecular formula is C17H18N4O4. The molecule has 3 rings (SSSR count). The van der Waals surface area contributed by atoms with Gasteiger partial charge in [-0.3, -0.25) is 4.79 Å². The molecule has 0 bridgehead atoms. The number of benzene rings is 1. The van der Waals surface area contributed by atoms with Gasteiger partial charge in [0.15, 0.2) is 17.1 Å². The summed E-state index contributed by atoms with van der Waals surface area (Å²) < 4.78 is 17.4. The van der Waals surface area contributed by atoms with Crippen LogP contribution in [0.25, 0.3) is 5.65 Å². The summed E-state index contributed by atoms with van der Waals surface area (Å²) in [6.45, 7) is 1.87. The van der Waals surface area contributed by atoms with Gasteiger partial charge in [-0.1, -0.05) is 0 Å². The first-order chi connectivity index (χ1) is 12.0. The first kappa shape index (κ1) is 16.6. The van der Waals surface area contributed by atoms with Crippen molar-refractivity contribution < 1.29 is 19.0 Å². The van der Waals surface area contributed by atoms with E-state index in [0.717, 1.165) is 5.69 Å². The molecule has 0 saturated heterocycles. The first-order valence-corrected chi connectivity index (χ1v) is 7.50. The molecule has 0 unspecified atom stereocenters. The van der Waals surface area contributed by atoms with Crippen molar-refractivity contribution in [2.75, 3.05) is 26.6 Å². The number of methoxy groups -OCH3 is 3. The molecule has 0 fully saturated rings. The van der Waals surface area contributed by atoms with E-state index in [1.165, 1.54) is 21.3 Å². The Labute approximate surface area is 144 Å². The Kier molecular flexibility index (Phi) is 4.42. The molecule has 2 aromatic heterocycles. The molecule has 0 radical (unpaired) electrons. The number of amides is 1. The summed E-state index contributed by atoms with van der Waals surface area (Å²) in [5, 5.41) is 7.05. The van der Waals surface area contributed by atoms with Crippen molar-refractivity contribution >= 4 is 17.2 Å². The largest absolute Gasteiger partial charge is 0.493 e. The smallest absolute Gasteiger partial charge is 0.276 e. The number of ether oxygens (including phenoxy) is 3. The summed E-state index contributed by atoms with van der Waals surface area (Å²) in [5.41, 5.74) is 2.28. The summed E-state index contributed by atoms with van der Waals surface area (Å²) in [7, 11) is 4.55. The summed E-state index contributed by atoms with van der Waals surface area (Å²) in [6, 6.07) is 6.66. The lowest BCUT2D eigenvalue weighted by Crippen LogP contribution is -2.15. The summed E-state index contributed by atoms with van der Waals surface area (Å²) in [5.74, 6) is 0.996. The van der Waals surface area contributed by atoms with E-state index in [-0.39, 0.29) is 11.6 Å². The van der Waals surface area contributed by atoms with Crippen molar-refractivity contribution in [3.05, 3.63) is 41.9 Å². The number of carbonyl (C=O) groups excluding carboxylic acids is 1. The summed E-state index contributed by atoms with van der Waals surface area (Å²) in [4.78, 5) is 16.8. The molecule has 8 heteroatoms. The van der Waals surface area contributed by atoms with Gasteiger partial charge in [0.1, 0.15) is 5.69 Å². The third-order valence-corrected chi connectivity index (χ3v) is 3.60. The number of imidazole rings is 1. The Balaban J connectivity index is 1.91. The molecule has 0 spiro atoms. The average Bonchev–Trinajstić information content (AvgIpc) is 2.99. The summed E-state index contributed by atoms with van der Waals surface area (Å²) in [6.07, 6.45) is 1.76. The lowest BCUT2D eigenvalue weighted by atomic mass is 10.2. The van der Waals surface area contributed by atoms with Gasteiger partial charge in [0.05, 0.1) is 33.2 Å². The fraction of sp³-hybridized carbons (Fsp3) is 0.235. The molecule has 1 amide bonds. The van der Waals surface area contributed by atoms with Gasteiger partial charge in [0, 0.05) is 17.8 Å². The van der Waals surface area contributed by atoms with E-state index < -0.39 is 0 Å². The molecule has 1 N–H and O–H groups in total. The van der Waals surface area contributed by atoms with Crippen molar-refractivity contribution in [1.29, 1.82) is 0 Å². The number of hydrogen-bond acceptors (Lipinski definition) is 6. The number of rotatable bonds is 5. The lowest BCUT2D eigenvalue weighted by molar-refractivity contribution is 0.102. The minimum Gasteiger partial charge on any atom is -0.493 e. The highest BCUT2D eigenvalue weighted by Gasteiger charge is 2.16. The predicted molar refractivity (Wildman–Crippen MR) is 91.8 cm³/mol. The lowest BCUT2D eigenvalue weighted by Gasteiger charge is -2.14. The number of anilines is 1. The molecule has 1 aromatic carbocycles. The van der Waals surface area contributed by atoms with Gasteiger partial charge in [-0.2, -0.15) is 5.10 Å². The minimum absolute atomic E-state index is 0.263. The number of hydrogen-bond donors (Lipinski definition) is 1. The second-order valence-corrected chi connectivity index (χ2v) is 5.27. The third-order valence-electron chi connectivity index (χ3n) is 3.60. The second kappa shape index (κ2) is 6.68. The number of aromatic nitrogens is 3. The minimum atomic E-state index is -0.359. The van der Waals surface area contributed by atoms with Crippen LogP contribution in [0.5, 0.6) is 17.2 Å². The highest BCUT2D eigenvalue weighted by atomic mass is 16.5. The number of carbonyl (C=O) groups is 1. The Morgan fingerprint density at radius 3 is 2.36 bits per heavy atom. The fourth-order valence-electron chi connectivity index (χ4n) is 2.47. The van der Waals surface area contributed by atoms with E-state index in [4.69, 9.17) is 14.2 Å². The van der Waals surface area contributed by atoms with Crippen LogP contribution >= 0.6 is 0 Å². The second-order valence-electron chi connectivity index (χ2n) is 5.27. The van der Waals surface area contributed by atoms with Gasteiger partial charge in [0.2, 0.25) is 5.75 Å². The Bertz CT molecular complexity index is 911. The monoisotopic (exact) mass is 342 g/mol. The van der Waals surface area contributed by atoms with Crippen molar-refractivity contribution in [2.24, 2.45) is 0 Å². The molecular weight excluding hydrogens is 324 g/mol. The molecule has 8 nitrogen and oxygen atoms in total. The fourth-order valence-corrected chi connectivity index (χ4v) is 2.47. The molecule has 0 aliphatic heterocycles. The van der Waals surface area contributed by atoms with Crippen LogP contribution in [0, 0.1) is 6.92 Å². The SMILES string of the molecule is COc1cc(NC(=O)c2ccc3nc(C)cn3n2)cc(OC)c1OC. The molecule has 0 saturated carbocycles. The van der Waals surface area contributed by atoms with Crippen LogP contribution < -0.4 is 19.5 Å². The topological polar surface area (TPSA) is 87.0 Å². The van der Waals surface area contributed by atoms with Crippen LogP contribution in [0.4, 0.5) is 5.69 Å². The molecule has 3 aromatic rings. The van der Waals surface area contributed by atoms with E-state index in [0.29, 0.717) is 28.6 Å². The van der Waals surface area contributed by atoms with Gasteiger partial charge in [-0.15, -0.1) is 0 Å². The Morgan fingerprint density at radius 1 is 1.08 bits per heavy atom. The predicted octanol–water partition coefficient (Wildman–Crippen LogP) is 2.32. The van der Waals surface area contributed by atoms with Gasteiger partial charge in [0.25, 0.3) is 5.91 Å². The maximum Gasteiger partial charge on any atom is 0.276 e. The van der Waals surface area contributed by atoms with Crippen molar-refractivity contribution in [3.63, 3.8) is 0 Å². The van der Waals surface area contributed by atoms with E-state index in [1.807, 2.05) is 6.92 Å². The van der Waals surface area contributed by atoms with Crippen molar-refractivity contribution in [1.82, 2.24) is 14.6 Å². The molecule has 0 aliphatic carbocycles. The zero-order valence-corrected chi connectivity index (χ0v) is 14.4. The van der Waals surface area contributed by atoms with Crippen LogP contribution in [-0.2, 0) is 0 Å². The van der Waals surface area contributed by atoms with Crippen LogP contribution in [-0.4, -0.2) is 41.8 Å². The maximum absolute atomic E-state index is 12.5. The van der Waals surface area contributed by atoms with Crippen LogP contribution in [0.3, 0.4) is 0 Å². The Hall–Kier alpha value is -3.29. The zero-order chi connectivity index (χ0) is 18.0. The zero-order valence-electron chi connectivity index (χ0n) is 14.4. The maximum atomic E-state index is 12.5. The molecule has 25 heavy (non-hydrogen) atoms. The van der Waals surface area contributed by atoms with Gasteiger partial charge < -0.3 is 19.5 Å². The molecule has 130 valence electrons. The van der Waals surface area contributed by atoms with Gasteiger partial charge in [-0.25, -0.2) is 9.50 Å². The number of nitrogens with zero attached hydrogens (tertiary/aromatic N) is 3.